The van der Waals surface area contributed by atoms with Gasteiger partial charge in [-0.2, -0.15) is 0 Å². The molecule has 14 heavy (non-hydrogen) atoms. The van der Waals surface area contributed by atoms with Crippen molar-refractivity contribution in [2.24, 2.45) is 0 Å². The highest BCUT2D eigenvalue weighted by molar-refractivity contribution is 5.25. The van der Waals surface area contributed by atoms with Crippen molar-refractivity contribution in [2.75, 3.05) is 13.2 Å². The summed E-state index contributed by atoms with van der Waals surface area (Å²) in [5, 5.41) is 9.95. The van der Waals surface area contributed by atoms with Gasteiger partial charge in [-0.3, -0.25) is 0 Å². The van der Waals surface area contributed by atoms with Crippen molar-refractivity contribution < 1.29 is 18.6 Å². The average Bonchev–Trinajstić information content (AvgIpc) is 2.52. The van der Waals surface area contributed by atoms with Crippen LogP contribution in [0.3, 0.4) is 0 Å². The fourth-order valence-electron chi connectivity index (χ4n) is 1.60. The first-order valence-electron chi connectivity index (χ1n) is 4.37. The first-order valence-corrected chi connectivity index (χ1v) is 4.37. The molecule has 0 aliphatic carbocycles. The number of rotatable bonds is 1. The minimum Gasteiger partial charge on any atom is -0.383 e. The van der Waals surface area contributed by atoms with Gasteiger partial charge in [0.05, 0.1) is 6.61 Å². The maximum atomic E-state index is 12.9. The Kier molecular flexibility index (Phi) is 2.25. The van der Waals surface area contributed by atoms with Gasteiger partial charge in [0.2, 0.25) is 0 Å². The van der Waals surface area contributed by atoms with Crippen LogP contribution in [0, 0.1) is 11.6 Å². The first kappa shape index (κ1) is 9.55. The third kappa shape index (κ3) is 1.63. The topological polar surface area (TPSA) is 29.5 Å². The summed E-state index contributed by atoms with van der Waals surface area (Å²) in [6.45, 7) is 0.504. The van der Waals surface area contributed by atoms with Crippen molar-refractivity contribution in [3.63, 3.8) is 0 Å². The molecular weight excluding hydrogens is 190 g/mol. The van der Waals surface area contributed by atoms with Crippen molar-refractivity contribution >= 4 is 0 Å². The normalized spacial score (nSPS) is 26.8. The van der Waals surface area contributed by atoms with E-state index in [9.17, 15) is 13.9 Å². The Morgan fingerprint density at radius 3 is 2.36 bits per heavy atom. The molecule has 76 valence electrons. The highest BCUT2D eigenvalue weighted by Crippen LogP contribution is 2.30. The molecule has 1 fully saturated rings. The Bertz CT molecular complexity index is 326. The molecule has 0 radical (unpaired) electrons. The van der Waals surface area contributed by atoms with Crippen molar-refractivity contribution in [3.05, 3.63) is 35.4 Å². The van der Waals surface area contributed by atoms with Crippen LogP contribution in [0.1, 0.15) is 12.0 Å². The Morgan fingerprint density at radius 1 is 1.21 bits per heavy atom. The van der Waals surface area contributed by atoms with Crippen LogP contribution >= 0.6 is 0 Å². The Labute approximate surface area is 80.1 Å². The average molecular weight is 200 g/mol. The number of halogens is 2. The smallest absolute Gasteiger partial charge is 0.126 e. The second-order valence-electron chi connectivity index (χ2n) is 3.49. The van der Waals surface area contributed by atoms with Gasteiger partial charge in [0.15, 0.2) is 0 Å². The minimum atomic E-state index is -1.23. The number of aliphatic hydroxyl groups is 1. The van der Waals surface area contributed by atoms with E-state index < -0.39 is 17.2 Å². The lowest BCUT2D eigenvalue weighted by molar-refractivity contribution is 0.0227. The number of hydrogen-bond donors (Lipinski definition) is 1. The quantitative estimate of drug-likeness (QED) is 0.745. The number of ether oxygens (including phenoxy) is 1. The highest BCUT2D eigenvalue weighted by Gasteiger charge is 2.34. The standard InChI is InChI=1S/C10H10F2O2/c11-8-3-7(4-9(12)5-8)10(13)1-2-14-6-10/h3-5,13H,1-2,6H2/t10-/m1/s1. The minimum absolute atomic E-state index is 0.0931. The van der Waals surface area contributed by atoms with Gasteiger partial charge < -0.3 is 9.84 Å². The lowest BCUT2D eigenvalue weighted by Crippen LogP contribution is -2.25. The Hall–Kier alpha value is -1.00. The predicted octanol–water partition coefficient (Wildman–Crippen LogP) is 1.57. The third-order valence-corrected chi connectivity index (χ3v) is 2.40. The van der Waals surface area contributed by atoms with E-state index in [1.807, 2.05) is 0 Å². The summed E-state index contributed by atoms with van der Waals surface area (Å²) in [6, 6.07) is 3.05. The molecule has 1 aromatic carbocycles. The molecule has 0 saturated carbocycles. The van der Waals surface area contributed by atoms with Crippen molar-refractivity contribution in [3.8, 4) is 0 Å². The van der Waals surface area contributed by atoms with E-state index in [0.717, 1.165) is 18.2 Å². The number of benzene rings is 1. The first-order chi connectivity index (χ1) is 6.60. The third-order valence-electron chi connectivity index (χ3n) is 2.40. The van der Waals surface area contributed by atoms with Gasteiger partial charge in [0.25, 0.3) is 0 Å². The van der Waals surface area contributed by atoms with E-state index in [2.05, 4.69) is 0 Å². The molecule has 4 heteroatoms. The zero-order valence-electron chi connectivity index (χ0n) is 7.46. The lowest BCUT2D eigenvalue weighted by Gasteiger charge is -2.20. The maximum absolute atomic E-state index is 12.9. The molecule has 2 nitrogen and oxygen atoms in total. The Balaban J connectivity index is 2.40. The SMILES string of the molecule is O[C@]1(c2cc(F)cc(F)c2)CCOC1. The largest absolute Gasteiger partial charge is 0.383 e. The fraction of sp³-hybridized carbons (Fsp3) is 0.400. The summed E-state index contributed by atoms with van der Waals surface area (Å²) in [6.07, 6.45) is 0.371. The second kappa shape index (κ2) is 3.29. The monoisotopic (exact) mass is 200 g/mol. The van der Waals surface area contributed by atoms with E-state index in [0.29, 0.717) is 13.0 Å². The molecule has 0 spiro atoms. The van der Waals surface area contributed by atoms with E-state index in [1.54, 1.807) is 0 Å². The van der Waals surface area contributed by atoms with E-state index in [-0.39, 0.29) is 12.2 Å². The van der Waals surface area contributed by atoms with Crippen LogP contribution in [0.4, 0.5) is 8.78 Å². The molecule has 0 bridgehead atoms. The molecule has 1 aromatic rings. The van der Waals surface area contributed by atoms with Gasteiger partial charge in [-0.15, -0.1) is 0 Å². The summed E-state index contributed by atoms with van der Waals surface area (Å²) >= 11 is 0. The van der Waals surface area contributed by atoms with Gasteiger partial charge in [0.1, 0.15) is 17.2 Å². The van der Waals surface area contributed by atoms with Gasteiger partial charge in [-0.05, 0) is 17.7 Å². The van der Waals surface area contributed by atoms with Gasteiger partial charge in [0, 0.05) is 19.1 Å². The van der Waals surface area contributed by atoms with Crippen molar-refractivity contribution in [2.45, 2.75) is 12.0 Å². The molecule has 0 amide bonds. The molecule has 1 N–H and O–H groups in total. The summed E-state index contributed by atoms with van der Waals surface area (Å²) in [5.74, 6) is -1.36. The summed E-state index contributed by atoms with van der Waals surface area (Å²) in [7, 11) is 0. The molecule has 1 atom stereocenters. The zero-order chi connectivity index (χ0) is 10.2. The van der Waals surface area contributed by atoms with Crippen LogP contribution in [0.5, 0.6) is 0 Å². The summed E-state index contributed by atoms with van der Waals surface area (Å²) in [4.78, 5) is 0. The zero-order valence-corrected chi connectivity index (χ0v) is 7.46. The van der Waals surface area contributed by atoms with Crippen LogP contribution in [-0.4, -0.2) is 18.3 Å². The van der Waals surface area contributed by atoms with Crippen LogP contribution in [-0.2, 0) is 10.3 Å². The molecule has 1 aliphatic rings. The second-order valence-corrected chi connectivity index (χ2v) is 3.49. The van der Waals surface area contributed by atoms with Crippen LogP contribution < -0.4 is 0 Å². The molecule has 0 aromatic heterocycles. The van der Waals surface area contributed by atoms with E-state index in [4.69, 9.17) is 4.74 Å². The van der Waals surface area contributed by atoms with Gasteiger partial charge in [-0.25, -0.2) is 8.78 Å². The molecule has 2 rings (SSSR count). The molecule has 1 heterocycles. The summed E-state index contributed by atoms with van der Waals surface area (Å²) < 4.78 is 30.7. The molecule has 1 saturated heterocycles. The van der Waals surface area contributed by atoms with Crippen LogP contribution in [0.15, 0.2) is 18.2 Å². The molecular formula is C10H10F2O2. The van der Waals surface area contributed by atoms with E-state index in [1.165, 1.54) is 0 Å². The maximum Gasteiger partial charge on any atom is 0.126 e. The lowest BCUT2D eigenvalue weighted by atomic mass is 9.93. The highest BCUT2D eigenvalue weighted by atomic mass is 19.1. The fourth-order valence-corrected chi connectivity index (χ4v) is 1.60. The summed E-state index contributed by atoms with van der Waals surface area (Å²) in [5.41, 5.74) is -0.990. The van der Waals surface area contributed by atoms with Crippen LogP contribution in [0.25, 0.3) is 0 Å². The van der Waals surface area contributed by atoms with Gasteiger partial charge >= 0.3 is 0 Å². The number of hydrogen-bond acceptors (Lipinski definition) is 2. The van der Waals surface area contributed by atoms with E-state index >= 15 is 0 Å². The van der Waals surface area contributed by atoms with Crippen molar-refractivity contribution in [1.82, 2.24) is 0 Å². The Morgan fingerprint density at radius 2 is 1.86 bits per heavy atom. The van der Waals surface area contributed by atoms with Crippen molar-refractivity contribution in [1.29, 1.82) is 0 Å². The predicted molar refractivity (Wildman–Crippen MR) is 45.7 cm³/mol. The van der Waals surface area contributed by atoms with Crippen LogP contribution in [0.2, 0.25) is 0 Å². The molecule has 0 unspecified atom stereocenters. The van der Waals surface area contributed by atoms with Gasteiger partial charge in [-0.1, -0.05) is 0 Å². The molecule has 1 aliphatic heterocycles.